The molecular formula is C14H26N2S. The smallest absolute Gasteiger partial charge is 0.0410 e. The topological polar surface area (TPSA) is 29.3 Å². The highest BCUT2D eigenvalue weighted by atomic mass is 32.1. The van der Waals surface area contributed by atoms with E-state index in [0.717, 1.165) is 6.54 Å². The molecule has 0 saturated heterocycles. The maximum Gasteiger partial charge on any atom is 0.0410 e. The number of nitrogens with two attached hydrogens (primary N) is 1. The third kappa shape index (κ3) is 5.66. The van der Waals surface area contributed by atoms with Crippen LogP contribution in [0.2, 0.25) is 0 Å². The molecule has 17 heavy (non-hydrogen) atoms. The quantitative estimate of drug-likeness (QED) is 0.682. The number of hydrogen-bond acceptors (Lipinski definition) is 3. The van der Waals surface area contributed by atoms with E-state index in [0.29, 0.717) is 6.04 Å². The van der Waals surface area contributed by atoms with E-state index in [1.807, 2.05) is 11.3 Å². The summed E-state index contributed by atoms with van der Waals surface area (Å²) in [5.74, 6) is 0. The fourth-order valence-electron chi connectivity index (χ4n) is 1.98. The molecule has 0 aliphatic rings. The maximum absolute atomic E-state index is 5.48. The lowest BCUT2D eigenvalue weighted by atomic mass is 10.1. The number of rotatable bonds is 9. The molecule has 3 heteroatoms. The molecule has 1 unspecified atom stereocenters. The van der Waals surface area contributed by atoms with Crippen LogP contribution in [0, 0.1) is 0 Å². The van der Waals surface area contributed by atoms with Gasteiger partial charge < -0.3 is 5.73 Å². The Morgan fingerprint density at radius 2 is 1.94 bits per heavy atom. The molecular weight excluding hydrogens is 228 g/mol. The van der Waals surface area contributed by atoms with Crippen molar-refractivity contribution in [2.75, 3.05) is 20.1 Å². The van der Waals surface area contributed by atoms with Crippen molar-refractivity contribution in [3.63, 3.8) is 0 Å². The van der Waals surface area contributed by atoms with E-state index in [1.54, 1.807) is 0 Å². The van der Waals surface area contributed by atoms with Crippen LogP contribution in [0.25, 0.3) is 0 Å². The van der Waals surface area contributed by atoms with Crippen LogP contribution in [-0.4, -0.2) is 25.0 Å². The summed E-state index contributed by atoms with van der Waals surface area (Å²) in [5, 5.41) is 2.16. The Labute approximate surface area is 110 Å². The Morgan fingerprint density at radius 3 is 2.59 bits per heavy atom. The number of thiophene rings is 1. The van der Waals surface area contributed by atoms with Crippen LogP contribution >= 0.6 is 11.3 Å². The minimum absolute atomic E-state index is 0.555. The standard InChI is InChI=1S/C14H26N2S/c1-13(14-9-8-12-17-14)16(2)11-7-5-3-4-6-10-15/h8-9,12-13H,3-7,10-11,15H2,1-2H3. The summed E-state index contributed by atoms with van der Waals surface area (Å²) in [6, 6.07) is 4.92. The molecule has 0 aromatic carbocycles. The first-order chi connectivity index (χ1) is 8.25. The fourth-order valence-corrected chi connectivity index (χ4v) is 2.82. The number of nitrogens with zero attached hydrogens (tertiary/aromatic N) is 1. The van der Waals surface area contributed by atoms with Crippen molar-refractivity contribution in [1.82, 2.24) is 4.90 Å². The maximum atomic E-state index is 5.48. The lowest BCUT2D eigenvalue weighted by molar-refractivity contribution is 0.258. The third-order valence-corrected chi connectivity index (χ3v) is 4.37. The zero-order valence-corrected chi connectivity index (χ0v) is 12.0. The monoisotopic (exact) mass is 254 g/mol. The molecule has 98 valence electrons. The normalized spacial score (nSPS) is 13.2. The van der Waals surface area contributed by atoms with Crippen molar-refractivity contribution in [3.8, 4) is 0 Å². The van der Waals surface area contributed by atoms with Gasteiger partial charge in [-0.15, -0.1) is 11.3 Å². The molecule has 1 aromatic rings. The van der Waals surface area contributed by atoms with E-state index in [9.17, 15) is 0 Å². The fraction of sp³-hybridized carbons (Fsp3) is 0.714. The molecule has 0 fully saturated rings. The zero-order valence-electron chi connectivity index (χ0n) is 11.2. The molecule has 0 saturated carbocycles. The van der Waals surface area contributed by atoms with Crippen molar-refractivity contribution in [3.05, 3.63) is 22.4 Å². The molecule has 0 aliphatic carbocycles. The Kier molecular flexibility index (Phi) is 7.49. The molecule has 0 spiro atoms. The molecule has 0 amide bonds. The molecule has 0 radical (unpaired) electrons. The highest BCUT2D eigenvalue weighted by molar-refractivity contribution is 7.10. The van der Waals surface area contributed by atoms with Gasteiger partial charge in [0.1, 0.15) is 0 Å². The SMILES string of the molecule is CC(c1cccs1)N(C)CCCCCCCN. The van der Waals surface area contributed by atoms with E-state index in [1.165, 1.54) is 43.5 Å². The first-order valence-corrected chi connectivity index (χ1v) is 7.57. The second-order valence-corrected chi connectivity index (χ2v) is 5.71. The van der Waals surface area contributed by atoms with Gasteiger partial charge in [0.15, 0.2) is 0 Å². The summed E-state index contributed by atoms with van der Waals surface area (Å²) >= 11 is 1.85. The van der Waals surface area contributed by atoms with Crippen LogP contribution in [0.15, 0.2) is 17.5 Å². The lowest BCUT2D eigenvalue weighted by Crippen LogP contribution is -2.22. The Balaban J connectivity index is 2.10. The minimum Gasteiger partial charge on any atom is -0.330 e. The number of hydrogen-bond donors (Lipinski definition) is 1. The first-order valence-electron chi connectivity index (χ1n) is 6.69. The first kappa shape index (κ1) is 14.7. The van der Waals surface area contributed by atoms with E-state index < -0.39 is 0 Å². The van der Waals surface area contributed by atoms with Gasteiger partial charge in [-0.25, -0.2) is 0 Å². The largest absolute Gasteiger partial charge is 0.330 e. The van der Waals surface area contributed by atoms with Gasteiger partial charge in [0.25, 0.3) is 0 Å². The molecule has 0 bridgehead atoms. The van der Waals surface area contributed by atoms with E-state index in [-0.39, 0.29) is 0 Å². The van der Waals surface area contributed by atoms with Crippen LogP contribution in [0.5, 0.6) is 0 Å². The van der Waals surface area contributed by atoms with Gasteiger partial charge in [0, 0.05) is 10.9 Å². The molecule has 0 aliphatic heterocycles. The van der Waals surface area contributed by atoms with Crippen LogP contribution in [0.4, 0.5) is 0 Å². The van der Waals surface area contributed by atoms with Crippen LogP contribution in [-0.2, 0) is 0 Å². The summed E-state index contributed by atoms with van der Waals surface area (Å²) in [6.45, 7) is 4.33. The van der Waals surface area contributed by atoms with Crippen molar-refractivity contribution >= 4 is 11.3 Å². The van der Waals surface area contributed by atoms with Gasteiger partial charge in [-0.3, -0.25) is 4.90 Å². The average Bonchev–Trinajstić information content (AvgIpc) is 2.86. The molecule has 2 nitrogen and oxygen atoms in total. The van der Waals surface area contributed by atoms with Crippen molar-refractivity contribution in [2.45, 2.75) is 45.1 Å². The average molecular weight is 254 g/mol. The van der Waals surface area contributed by atoms with E-state index in [2.05, 4.69) is 36.4 Å². The van der Waals surface area contributed by atoms with Crippen LogP contribution in [0.3, 0.4) is 0 Å². The summed E-state index contributed by atoms with van der Waals surface area (Å²) in [7, 11) is 2.23. The highest BCUT2D eigenvalue weighted by Crippen LogP contribution is 2.23. The second-order valence-electron chi connectivity index (χ2n) is 4.73. The molecule has 1 rings (SSSR count). The van der Waals surface area contributed by atoms with E-state index >= 15 is 0 Å². The van der Waals surface area contributed by atoms with Crippen molar-refractivity contribution in [1.29, 1.82) is 0 Å². The van der Waals surface area contributed by atoms with Gasteiger partial charge >= 0.3 is 0 Å². The molecule has 1 aromatic heterocycles. The predicted octanol–water partition coefficient (Wildman–Crippen LogP) is 3.65. The van der Waals surface area contributed by atoms with Gasteiger partial charge in [-0.1, -0.05) is 25.3 Å². The summed E-state index contributed by atoms with van der Waals surface area (Å²) in [6.07, 6.45) is 6.44. The zero-order chi connectivity index (χ0) is 12.5. The molecule has 1 heterocycles. The number of unbranched alkanes of at least 4 members (excludes halogenated alkanes) is 4. The van der Waals surface area contributed by atoms with Crippen LogP contribution in [0.1, 0.15) is 49.9 Å². The third-order valence-electron chi connectivity index (χ3n) is 3.33. The summed E-state index contributed by atoms with van der Waals surface area (Å²) in [4.78, 5) is 3.92. The van der Waals surface area contributed by atoms with Gasteiger partial charge in [-0.2, -0.15) is 0 Å². The summed E-state index contributed by atoms with van der Waals surface area (Å²) < 4.78 is 0. The van der Waals surface area contributed by atoms with Gasteiger partial charge in [0.2, 0.25) is 0 Å². The highest BCUT2D eigenvalue weighted by Gasteiger charge is 2.11. The van der Waals surface area contributed by atoms with E-state index in [4.69, 9.17) is 5.73 Å². The molecule has 1 atom stereocenters. The Hall–Kier alpha value is -0.380. The van der Waals surface area contributed by atoms with Gasteiger partial charge in [0.05, 0.1) is 0 Å². The predicted molar refractivity (Wildman–Crippen MR) is 77.5 cm³/mol. The Bertz CT molecular complexity index is 272. The van der Waals surface area contributed by atoms with Crippen molar-refractivity contribution in [2.24, 2.45) is 5.73 Å². The summed E-state index contributed by atoms with van der Waals surface area (Å²) in [5.41, 5.74) is 5.48. The van der Waals surface area contributed by atoms with Crippen molar-refractivity contribution < 1.29 is 0 Å². The van der Waals surface area contributed by atoms with Crippen LogP contribution < -0.4 is 5.73 Å². The Morgan fingerprint density at radius 1 is 1.24 bits per heavy atom. The minimum atomic E-state index is 0.555. The lowest BCUT2D eigenvalue weighted by Gasteiger charge is -2.23. The van der Waals surface area contributed by atoms with Gasteiger partial charge in [-0.05, 0) is 51.3 Å². The second kappa shape index (κ2) is 8.67. The molecule has 2 N–H and O–H groups in total.